The Morgan fingerprint density at radius 1 is 0.103 bits per heavy atom. The zero-order chi connectivity index (χ0) is 8.57. The molecule has 126 radical (unpaired) electrons. The molecule has 0 aromatic rings. The van der Waals surface area contributed by atoms with Crippen molar-refractivity contribution in [3.8, 4) is 0 Å². The molecule has 0 aliphatic carbocycles. The molecular formula is C5H9NV130. The fourth-order valence-corrected chi connectivity index (χ4v) is 0.666. The minimum absolute atomic E-state index is 0. The average molecular weight is 6710 g/mol. The summed E-state index contributed by atoms with van der Waals surface area (Å²) < 4.78 is 2.67. The Morgan fingerprint density at radius 3 is 0.140 bits per heavy atom. The van der Waals surface area contributed by atoms with Crippen LogP contribution in [-0.2, 0) is 2400 Å². The second kappa shape index (κ2) is 1320. The van der Waals surface area contributed by atoms with E-state index >= 15 is 0 Å². The quantitative estimate of drug-likeness (QED) is 0.397. The molecule has 1 nitrogen and oxygen atoms in total. The predicted octanol–water partition coefficient (Wildman–Crippen LogP) is -0.656. The van der Waals surface area contributed by atoms with Gasteiger partial charge in [-0.3, -0.25) is 0 Å². The van der Waals surface area contributed by atoms with Gasteiger partial charge < -0.3 is 0 Å². The first-order valence-corrected chi connectivity index (χ1v) is 7.20. The summed E-state index contributed by atoms with van der Waals surface area (Å²) in [6.07, 6.45) is 0. The third-order valence-electron chi connectivity index (χ3n) is 0.762. The van der Waals surface area contributed by atoms with Gasteiger partial charge in [0.1, 0.15) is 0 Å². The Hall–Kier alpha value is 75.7. The van der Waals surface area contributed by atoms with Crippen LogP contribution in [0.15, 0.2) is 0 Å². The van der Waals surface area contributed by atoms with Crippen molar-refractivity contribution in [2.24, 2.45) is 0 Å². The zero-order valence-electron chi connectivity index (χ0n) is 62.3. The van der Waals surface area contributed by atoms with Crippen LogP contribution in [0.25, 0.3) is 0 Å². The van der Waals surface area contributed by atoms with Crippen LogP contribution in [0.1, 0.15) is 6.92 Å². The van der Waals surface area contributed by atoms with Gasteiger partial charge in [-0.05, 0) is 0 Å². The van der Waals surface area contributed by atoms with Gasteiger partial charge in [0.25, 0.3) is 0 Å². The summed E-state index contributed by atoms with van der Waals surface area (Å²) in [5, 5.41) is 3.07. The molecule has 0 heterocycles. The Bertz CT molecular complexity index is 149. The summed E-state index contributed by atoms with van der Waals surface area (Å²) in [4.78, 5) is 0. The molecule has 0 spiro atoms. The van der Waals surface area contributed by atoms with Crippen LogP contribution >= 0.6 is 0 Å². The van der Waals surface area contributed by atoms with Crippen molar-refractivity contribution < 1.29 is 2400 Å². The van der Waals surface area contributed by atoms with E-state index in [-0.39, 0.29) is 2340 Å². The third-order valence-corrected chi connectivity index (χ3v) is 2.40. The standard InChI is InChI=1S/C5H9N.130V/c1-3-4-5-6-2;;;;;;;;;;;;;;;;;;;;;;;;;;;;;;;;;;;;;;;;;;;;;;;;;;;;;;;;;;;;;;;;;;;;;;;;;;;;;;;;;;;;;;;;;;;;;;;;;;;;;;;;;;;;;;;;;;;;;;;;;;;;;;;;;;/h6H,5H2,1-2H3;;;;;;;;;;;;;;;;;;;;;;;;;;;;;;;;;;;;;;;;;;;;;;;;;;;;;;;;;;;;;;;;;;;;;;;;;;;;;;;;;;;;;;;;;;;;;;;;;;;;;;;;;;;;;;;;;;;;;;;;;;;;;;;;;;. The molecule has 0 aliphatic heterocycles. The molecule has 0 aromatic heterocycles. The van der Waals surface area contributed by atoms with Gasteiger partial charge >= 0.3 is 97.5 Å². The first kappa shape index (κ1) is 1340. The van der Waals surface area contributed by atoms with Crippen molar-refractivity contribution >= 4 is 8.45 Å². The first-order chi connectivity index (χ1) is 4.68. The molecule has 0 atom stereocenters. The molecule has 0 bridgehead atoms. The van der Waals surface area contributed by atoms with Gasteiger partial charge in [0.15, 0.2) is 0 Å². The minimum atomic E-state index is 0. The molecule has 0 fully saturated rings. The van der Waals surface area contributed by atoms with E-state index in [1.54, 1.807) is 0 Å². The molecule has 0 aromatic carbocycles. The predicted molar refractivity (Wildman–Crippen MR) is 29.6 cm³/mol. The molecule has 0 unspecified atom stereocenters. The molecule has 684 valence electrons. The number of hydrogen-bond acceptors (Lipinski definition) is 1. The summed E-state index contributed by atoms with van der Waals surface area (Å²) in [5.74, 6) is 0. The van der Waals surface area contributed by atoms with Crippen LogP contribution < -0.4 is 5.32 Å². The average Bonchev–Trinajstić information content (AvgIpc) is 1.93. The van der Waals surface area contributed by atoms with E-state index in [9.17, 15) is 0 Å². The molecule has 1 N–H and O–H groups in total. The van der Waals surface area contributed by atoms with Crippen molar-refractivity contribution in [1.82, 2.24) is 5.32 Å². The van der Waals surface area contributed by atoms with Crippen LogP contribution in [0.5, 0.6) is 0 Å². The Balaban J connectivity index is -0.0000000000395. The summed E-state index contributed by atoms with van der Waals surface area (Å²) in [5.41, 5.74) is 0. The third kappa shape index (κ3) is 1340. The molecule has 0 rings (SSSR count). The van der Waals surface area contributed by atoms with E-state index in [1.165, 1.54) is 8.45 Å². The number of hydrogen-bond donors (Lipinski definition) is 1. The normalized spacial score (nSPS) is 0.515. The molecule has 131 heteroatoms. The molecule has 0 amide bonds. The van der Waals surface area contributed by atoms with E-state index in [1.807, 2.05) is 7.05 Å². The van der Waals surface area contributed by atoms with E-state index in [0.717, 1.165) is 6.54 Å². The van der Waals surface area contributed by atoms with Crippen molar-refractivity contribution in [3.05, 3.63) is 0 Å². The van der Waals surface area contributed by atoms with E-state index in [2.05, 4.69) is 75.5 Å². The van der Waals surface area contributed by atoms with Gasteiger partial charge in [-0.15, -0.1) is 0 Å². The molecule has 136 heavy (non-hydrogen) atoms. The SMILES string of the molecule is CNC[C](=[V])[C](C)=[V].[V].[V].[V].[V].[V].[V].[V].[V].[V].[V].[V].[V].[V].[V].[V].[V].[V].[V].[V].[V].[V].[V].[V].[V].[V].[V].[V].[V].[V].[V].[V].[V].[V].[V].[V].[V].[V].[V].[V].[V].[V].[V].[V].[V].[V].[V].[V].[V].[V].[V].[V].[V].[V].[V].[V].[V].[V].[V].[V].[V].[V].[V].[V].[V].[V].[V].[V].[V].[V].[V].[V].[V].[V].[V].[V].[V].[V].[V].[V].[V].[V].[V].[V].[V].[V].[V].[V].[V].[V].[V].[V].[V].[V].[V].[V].[V].[V].[V].[V].[V].[V].[V].[V].[V].[V].[V].[V].[V].[V].[V].[V].[V].[V].[V].[V].[V].[V].[V].[V].[V].[V].[V].[V].[V].[V].[V].[V]=[V]. The molecule has 0 saturated carbocycles. The maximum absolute atomic E-state index is 3.07. The van der Waals surface area contributed by atoms with Crippen LogP contribution in [0.3, 0.4) is 0 Å². The Labute approximate surface area is 2370 Å². The van der Waals surface area contributed by atoms with E-state index < -0.39 is 0 Å². The Morgan fingerprint density at radius 2 is 0.132 bits per heavy atom. The van der Waals surface area contributed by atoms with Gasteiger partial charge in [0.2, 0.25) is 0 Å². The van der Waals surface area contributed by atoms with Crippen molar-refractivity contribution in [3.63, 3.8) is 0 Å². The van der Waals surface area contributed by atoms with Gasteiger partial charge in [-0.2, -0.15) is 0 Å². The second-order valence-corrected chi connectivity index (χ2v) is 3.45. The van der Waals surface area contributed by atoms with Crippen LogP contribution in [-0.4, -0.2) is 22.0 Å². The Kier molecular flexibility index (Phi) is 13100. The van der Waals surface area contributed by atoms with Crippen molar-refractivity contribution in [1.29, 1.82) is 0 Å². The van der Waals surface area contributed by atoms with Crippen LogP contribution in [0.2, 0.25) is 0 Å². The fourth-order valence-electron chi connectivity index (χ4n) is 0.295. The molecule has 0 aliphatic rings. The monoisotopic (exact) mass is 6710 g/mol. The first-order valence-electron chi connectivity index (χ1n) is 2.60. The topological polar surface area (TPSA) is 12.0 Å². The van der Waals surface area contributed by atoms with E-state index in [0.29, 0.717) is 0 Å². The fraction of sp³-hybridized carbons (Fsp3) is 0.600. The summed E-state index contributed by atoms with van der Waals surface area (Å²) in [6, 6.07) is 0. The van der Waals surface area contributed by atoms with Crippen LogP contribution in [0, 0.1) is 0 Å². The van der Waals surface area contributed by atoms with E-state index in [4.69, 9.17) is 0 Å². The maximum atomic E-state index is 3.07. The van der Waals surface area contributed by atoms with Gasteiger partial charge in [-0.1, -0.05) is 0 Å². The summed E-state index contributed by atoms with van der Waals surface area (Å²) in [6.45, 7) is 3.06. The van der Waals surface area contributed by atoms with Crippen LogP contribution in [0.4, 0.5) is 0 Å². The zero-order valence-corrected chi connectivity index (χ0v) is 244. The molecule has 0 saturated heterocycles. The number of rotatable bonds is 3. The van der Waals surface area contributed by atoms with Crippen molar-refractivity contribution in [2.45, 2.75) is 6.92 Å². The van der Waals surface area contributed by atoms with Gasteiger partial charge in [-0.25, -0.2) is 0 Å². The van der Waals surface area contributed by atoms with Crippen molar-refractivity contribution in [2.75, 3.05) is 13.6 Å². The number of nitrogens with one attached hydrogen (secondary N) is 1. The summed E-state index contributed by atoms with van der Waals surface area (Å²) in [7, 11) is 1.95. The summed E-state index contributed by atoms with van der Waals surface area (Å²) >= 11 is 9.59. The van der Waals surface area contributed by atoms with Gasteiger partial charge in [0, 0.05) is 2340 Å². The van der Waals surface area contributed by atoms with Gasteiger partial charge in [0.05, 0.1) is 0 Å². The second-order valence-electron chi connectivity index (χ2n) is 1.56. The molecular weight excluding hydrogens is 6700 g/mol.